The van der Waals surface area contributed by atoms with Crippen molar-refractivity contribution < 1.29 is 19.1 Å². The van der Waals surface area contributed by atoms with Crippen LogP contribution in [0.1, 0.15) is 33.6 Å². The van der Waals surface area contributed by atoms with Crippen LogP contribution in [-0.2, 0) is 14.3 Å². The van der Waals surface area contributed by atoms with E-state index in [1.54, 1.807) is 20.8 Å². The van der Waals surface area contributed by atoms with Gasteiger partial charge in [-0.05, 0) is 24.6 Å². The van der Waals surface area contributed by atoms with E-state index in [4.69, 9.17) is 9.47 Å². The first-order valence-corrected chi connectivity index (χ1v) is 7.65. The molecule has 1 rings (SSSR count). The smallest absolute Gasteiger partial charge is 0.306 e. The Morgan fingerprint density at radius 2 is 1.95 bits per heavy atom. The molecule has 0 saturated carbocycles. The molecule has 0 N–H and O–H groups in total. The maximum Gasteiger partial charge on any atom is 0.306 e. The second-order valence-electron chi connectivity index (χ2n) is 5.74. The second kappa shape index (κ2) is 8.17. The number of hydrogen-bond donors (Lipinski definition) is 0. The maximum atomic E-state index is 11.6. The molecule has 0 aromatic heterocycles. The fraction of sp³-hybridized carbons (Fsp3) is 0.500. The summed E-state index contributed by atoms with van der Waals surface area (Å²) in [5.74, 6) is 0.298. The number of esters is 1. The third-order valence-corrected chi connectivity index (χ3v) is 3.28. The monoisotopic (exact) mass is 356 g/mol. The molecule has 0 spiro atoms. The molecule has 1 aromatic rings. The van der Waals surface area contributed by atoms with Crippen LogP contribution >= 0.6 is 15.9 Å². The van der Waals surface area contributed by atoms with Gasteiger partial charge in [0.2, 0.25) is 0 Å². The van der Waals surface area contributed by atoms with Gasteiger partial charge < -0.3 is 9.47 Å². The Bertz CT molecular complexity index is 491. The topological polar surface area (TPSA) is 52.6 Å². The van der Waals surface area contributed by atoms with Gasteiger partial charge in [0, 0.05) is 16.3 Å². The quantitative estimate of drug-likeness (QED) is 0.551. The van der Waals surface area contributed by atoms with Gasteiger partial charge in [-0.1, -0.05) is 42.8 Å². The van der Waals surface area contributed by atoms with Gasteiger partial charge in [0.15, 0.2) is 12.4 Å². The molecule has 0 aliphatic carbocycles. The van der Waals surface area contributed by atoms with Crippen molar-refractivity contribution in [2.24, 2.45) is 5.41 Å². The summed E-state index contributed by atoms with van der Waals surface area (Å²) in [5, 5.41) is 0. The number of carbonyl (C=O) groups excluding carboxylic acids is 2. The molecule has 0 aliphatic heterocycles. The van der Waals surface area contributed by atoms with Crippen LogP contribution in [0.5, 0.6) is 5.75 Å². The molecule has 0 atom stereocenters. The molecule has 0 saturated heterocycles. The van der Waals surface area contributed by atoms with Crippen LogP contribution < -0.4 is 4.74 Å². The number of Topliss-reactive ketones (excluding diaryl/α,β-unsaturated/α-hetero) is 1. The van der Waals surface area contributed by atoms with Crippen LogP contribution in [0.2, 0.25) is 0 Å². The van der Waals surface area contributed by atoms with E-state index in [1.165, 1.54) is 0 Å². The molecule has 0 amide bonds. The highest BCUT2D eigenvalue weighted by Crippen LogP contribution is 2.18. The van der Waals surface area contributed by atoms with E-state index < -0.39 is 5.41 Å². The normalized spacial score (nSPS) is 11.0. The van der Waals surface area contributed by atoms with Crippen molar-refractivity contribution in [1.29, 1.82) is 0 Å². The van der Waals surface area contributed by atoms with Crippen molar-refractivity contribution >= 4 is 27.7 Å². The predicted octanol–water partition coefficient (Wildman–Crippen LogP) is 3.77. The van der Waals surface area contributed by atoms with Gasteiger partial charge in [0.25, 0.3) is 0 Å². The van der Waals surface area contributed by atoms with Crippen molar-refractivity contribution in [1.82, 2.24) is 0 Å². The molecule has 4 nitrogen and oxygen atoms in total. The highest BCUT2D eigenvalue weighted by Gasteiger charge is 2.22. The van der Waals surface area contributed by atoms with Gasteiger partial charge in [-0.25, -0.2) is 0 Å². The molecule has 0 bridgehead atoms. The third kappa shape index (κ3) is 7.27. The summed E-state index contributed by atoms with van der Waals surface area (Å²) in [6, 6.07) is 7.51. The number of ether oxygens (including phenoxy) is 2. The van der Waals surface area contributed by atoms with E-state index in [0.29, 0.717) is 13.0 Å². The van der Waals surface area contributed by atoms with Gasteiger partial charge >= 0.3 is 5.97 Å². The number of carbonyl (C=O) groups is 2. The predicted molar refractivity (Wildman–Crippen MR) is 84.3 cm³/mol. The van der Waals surface area contributed by atoms with E-state index >= 15 is 0 Å². The average Bonchev–Trinajstić information content (AvgIpc) is 2.40. The zero-order valence-corrected chi connectivity index (χ0v) is 14.2. The molecule has 5 heteroatoms. The SMILES string of the molecule is CC(C)(C)C(=O)COC(=O)CCCOc1cccc(Br)c1. The zero-order chi connectivity index (χ0) is 15.9. The van der Waals surface area contributed by atoms with E-state index in [-0.39, 0.29) is 24.8 Å². The summed E-state index contributed by atoms with van der Waals surface area (Å²) in [5.41, 5.74) is -0.482. The van der Waals surface area contributed by atoms with Crippen LogP contribution in [0.3, 0.4) is 0 Å². The largest absolute Gasteiger partial charge is 0.494 e. The molecule has 0 fully saturated rings. The standard InChI is InChI=1S/C16H21BrO4/c1-16(2,3)14(18)11-21-15(19)8-5-9-20-13-7-4-6-12(17)10-13/h4,6-7,10H,5,8-9,11H2,1-3H3. The van der Waals surface area contributed by atoms with Crippen LogP contribution in [-0.4, -0.2) is 25.0 Å². The van der Waals surface area contributed by atoms with E-state index in [0.717, 1.165) is 10.2 Å². The lowest BCUT2D eigenvalue weighted by Crippen LogP contribution is -2.26. The first kappa shape index (κ1) is 17.7. The lowest BCUT2D eigenvalue weighted by atomic mass is 9.91. The molecule has 21 heavy (non-hydrogen) atoms. The van der Waals surface area contributed by atoms with Gasteiger partial charge in [-0.3, -0.25) is 9.59 Å². The summed E-state index contributed by atoms with van der Waals surface area (Å²) in [6.45, 7) is 5.67. The van der Waals surface area contributed by atoms with Gasteiger partial charge in [-0.15, -0.1) is 0 Å². The number of rotatable bonds is 7. The molecule has 0 radical (unpaired) electrons. The number of ketones is 1. The number of hydrogen-bond acceptors (Lipinski definition) is 4. The summed E-state index contributed by atoms with van der Waals surface area (Å²) in [7, 11) is 0. The molecule has 1 aromatic carbocycles. The lowest BCUT2D eigenvalue weighted by Gasteiger charge is -2.16. The molecule has 0 heterocycles. The summed E-state index contributed by atoms with van der Waals surface area (Å²) < 4.78 is 11.4. The third-order valence-electron chi connectivity index (χ3n) is 2.79. The minimum absolute atomic E-state index is 0.0822. The number of benzene rings is 1. The minimum Gasteiger partial charge on any atom is -0.494 e. The van der Waals surface area contributed by atoms with E-state index in [9.17, 15) is 9.59 Å². The van der Waals surface area contributed by atoms with Crippen LogP contribution in [0.4, 0.5) is 0 Å². The molecular weight excluding hydrogens is 336 g/mol. The maximum absolute atomic E-state index is 11.6. The van der Waals surface area contributed by atoms with Crippen molar-refractivity contribution in [2.45, 2.75) is 33.6 Å². The highest BCUT2D eigenvalue weighted by atomic mass is 79.9. The Kier molecular flexibility index (Phi) is 6.89. The molecular formula is C16H21BrO4. The Morgan fingerprint density at radius 1 is 1.24 bits per heavy atom. The van der Waals surface area contributed by atoms with Crippen LogP contribution in [0.25, 0.3) is 0 Å². The molecule has 0 unspecified atom stereocenters. The molecule has 0 aliphatic rings. The zero-order valence-electron chi connectivity index (χ0n) is 12.6. The van der Waals surface area contributed by atoms with E-state index in [1.807, 2.05) is 24.3 Å². The van der Waals surface area contributed by atoms with Crippen molar-refractivity contribution in [3.8, 4) is 5.75 Å². The van der Waals surface area contributed by atoms with Crippen LogP contribution in [0.15, 0.2) is 28.7 Å². The Hall–Kier alpha value is -1.36. The molecule has 116 valence electrons. The van der Waals surface area contributed by atoms with Crippen LogP contribution in [0, 0.1) is 5.41 Å². The van der Waals surface area contributed by atoms with Gasteiger partial charge in [0.1, 0.15) is 5.75 Å². The first-order valence-electron chi connectivity index (χ1n) is 6.86. The summed E-state index contributed by atoms with van der Waals surface area (Å²) >= 11 is 3.36. The van der Waals surface area contributed by atoms with Crippen molar-refractivity contribution in [3.63, 3.8) is 0 Å². The Morgan fingerprint density at radius 3 is 2.57 bits per heavy atom. The van der Waals surface area contributed by atoms with Crippen molar-refractivity contribution in [3.05, 3.63) is 28.7 Å². The van der Waals surface area contributed by atoms with Gasteiger partial charge in [0.05, 0.1) is 6.61 Å². The summed E-state index contributed by atoms with van der Waals surface area (Å²) in [4.78, 5) is 23.1. The second-order valence-corrected chi connectivity index (χ2v) is 6.66. The fourth-order valence-electron chi connectivity index (χ4n) is 1.40. The lowest BCUT2D eigenvalue weighted by molar-refractivity contribution is -0.150. The number of halogens is 1. The van der Waals surface area contributed by atoms with Crippen molar-refractivity contribution in [2.75, 3.05) is 13.2 Å². The summed E-state index contributed by atoms with van der Waals surface area (Å²) in [6.07, 6.45) is 0.792. The Labute approximate surface area is 133 Å². The highest BCUT2D eigenvalue weighted by molar-refractivity contribution is 9.10. The average molecular weight is 357 g/mol. The minimum atomic E-state index is -0.482. The van der Waals surface area contributed by atoms with E-state index in [2.05, 4.69) is 15.9 Å². The first-order chi connectivity index (χ1) is 9.79. The fourth-order valence-corrected chi connectivity index (χ4v) is 1.78. The van der Waals surface area contributed by atoms with Gasteiger partial charge in [-0.2, -0.15) is 0 Å². The Balaban J connectivity index is 2.18.